The Morgan fingerprint density at radius 2 is 2.04 bits per heavy atom. The molecular formula is C18H26ClN3O3. The van der Waals surface area contributed by atoms with E-state index in [1.54, 1.807) is 12.1 Å². The van der Waals surface area contributed by atoms with E-state index in [2.05, 4.69) is 10.6 Å². The molecule has 0 aromatic heterocycles. The highest BCUT2D eigenvalue weighted by atomic mass is 35.5. The van der Waals surface area contributed by atoms with Gasteiger partial charge in [0.1, 0.15) is 0 Å². The maximum Gasteiger partial charge on any atom is 0.251 e. The van der Waals surface area contributed by atoms with Crippen LogP contribution in [-0.2, 0) is 4.79 Å². The van der Waals surface area contributed by atoms with Crippen molar-refractivity contribution in [2.45, 2.75) is 31.4 Å². The van der Waals surface area contributed by atoms with Gasteiger partial charge in [-0.2, -0.15) is 0 Å². The molecule has 0 saturated carbocycles. The van der Waals surface area contributed by atoms with Gasteiger partial charge in [-0.3, -0.25) is 9.59 Å². The minimum atomic E-state index is -0.426. The number of amides is 2. The maximum absolute atomic E-state index is 12.5. The average Bonchev–Trinajstić information content (AvgIpc) is 3.06. The van der Waals surface area contributed by atoms with Crippen molar-refractivity contribution >= 4 is 24.2 Å². The third kappa shape index (κ3) is 5.17. The summed E-state index contributed by atoms with van der Waals surface area (Å²) in [5, 5.41) is 15.6. The molecule has 1 aromatic rings. The van der Waals surface area contributed by atoms with Crippen molar-refractivity contribution in [2.24, 2.45) is 5.92 Å². The van der Waals surface area contributed by atoms with E-state index < -0.39 is 6.10 Å². The third-order valence-electron chi connectivity index (χ3n) is 4.82. The monoisotopic (exact) mass is 367 g/mol. The van der Waals surface area contributed by atoms with Crippen molar-refractivity contribution in [3.8, 4) is 0 Å². The first-order chi connectivity index (χ1) is 11.6. The fourth-order valence-corrected chi connectivity index (χ4v) is 3.49. The van der Waals surface area contributed by atoms with Gasteiger partial charge in [-0.05, 0) is 37.3 Å². The standard InChI is InChI=1S/C18H25N3O3.ClH/c22-15-9-16(19-11-15)18(24)21-8-4-5-13(12-21)10-20-17(23)14-6-2-1-3-7-14;/h1-3,6-7,13,15-16,19,22H,4-5,8-12H2,(H,20,23);1H. The molecule has 25 heavy (non-hydrogen) atoms. The van der Waals surface area contributed by atoms with Crippen LogP contribution in [0.25, 0.3) is 0 Å². The van der Waals surface area contributed by atoms with Crippen molar-refractivity contribution in [3.63, 3.8) is 0 Å². The van der Waals surface area contributed by atoms with Gasteiger partial charge in [0.15, 0.2) is 0 Å². The number of aliphatic hydroxyl groups excluding tert-OH is 1. The molecule has 0 radical (unpaired) electrons. The fourth-order valence-electron chi connectivity index (χ4n) is 3.49. The third-order valence-corrected chi connectivity index (χ3v) is 4.82. The largest absolute Gasteiger partial charge is 0.392 e. The second-order valence-corrected chi connectivity index (χ2v) is 6.72. The van der Waals surface area contributed by atoms with Gasteiger partial charge < -0.3 is 20.6 Å². The molecule has 2 heterocycles. The number of likely N-dealkylation sites (tertiary alicyclic amines) is 1. The molecule has 0 bridgehead atoms. The van der Waals surface area contributed by atoms with E-state index in [1.807, 2.05) is 23.1 Å². The van der Waals surface area contributed by atoms with Gasteiger partial charge in [0.25, 0.3) is 5.91 Å². The minimum Gasteiger partial charge on any atom is -0.392 e. The maximum atomic E-state index is 12.5. The van der Waals surface area contributed by atoms with Crippen molar-refractivity contribution in [1.82, 2.24) is 15.5 Å². The zero-order valence-corrected chi connectivity index (χ0v) is 15.0. The van der Waals surface area contributed by atoms with E-state index >= 15 is 0 Å². The van der Waals surface area contributed by atoms with Crippen molar-refractivity contribution < 1.29 is 14.7 Å². The molecule has 1 aromatic carbocycles. The molecule has 138 valence electrons. The number of carbonyl (C=O) groups excluding carboxylic acids is 2. The summed E-state index contributed by atoms with van der Waals surface area (Å²) >= 11 is 0. The summed E-state index contributed by atoms with van der Waals surface area (Å²) in [6, 6.07) is 8.90. The molecule has 3 rings (SSSR count). The van der Waals surface area contributed by atoms with Crippen LogP contribution in [0, 0.1) is 5.92 Å². The summed E-state index contributed by atoms with van der Waals surface area (Å²) < 4.78 is 0. The molecule has 3 atom stereocenters. The molecule has 2 aliphatic rings. The van der Waals surface area contributed by atoms with E-state index in [9.17, 15) is 14.7 Å². The summed E-state index contributed by atoms with van der Waals surface area (Å²) in [5.74, 6) is 0.284. The second kappa shape index (κ2) is 9.17. The van der Waals surface area contributed by atoms with Gasteiger partial charge in [-0.15, -0.1) is 12.4 Å². The van der Waals surface area contributed by atoms with Crippen LogP contribution in [0.5, 0.6) is 0 Å². The lowest BCUT2D eigenvalue weighted by Crippen LogP contribution is -2.49. The van der Waals surface area contributed by atoms with E-state index in [0.29, 0.717) is 31.6 Å². The zero-order valence-electron chi connectivity index (χ0n) is 14.2. The van der Waals surface area contributed by atoms with E-state index in [-0.39, 0.29) is 36.2 Å². The number of hydrogen-bond acceptors (Lipinski definition) is 4. The zero-order chi connectivity index (χ0) is 16.9. The molecular weight excluding hydrogens is 342 g/mol. The Hall–Kier alpha value is -1.63. The van der Waals surface area contributed by atoms with Gasteiger partial charge in [-0.1, -0.05) is 18.2 Å². The lowest BCUT2D eigenvalue weighted by atomic mass is 9.97. The van der Waals surface area contributed by atoms with Crippen molar-refractivity contribution in [3.05, 3.63) is 35.9 Å². The molecule has 2 fully saturated rings. The van der Waals surface area contributed by atoms with E-state index in [0.717, 1.165) is 19.4 Å². The number of aliphatic hydroxyl groups is 1. The molecule has 7 heteroatoms. The van der Waals surface area contributed by atoms with Crippen LogP contribution in [0.1, 0.15) is 29.6 Å². The summed E-state index contributed by atoms with van der Waals surface area (Å²) in [7, 11) is 0. The normalized spacial score (nSPS) is 26.0. The van der Waals surface area contributed by atoms with Crippen molar-refractivity contribution in [2.75, 3.05) is 26.2 Å². The first-order valence-corrected chi connectivity index (χ1v) is 8.67. The lowest BCUT2D eigenvalue weighted by molar-refractivity contribution is -0.135. The Kier molecular flexibility index (Phi) is 7.23. The molecule has 2 saturated heterocycles. The van der Waals surface area contributed by atoms with Gasteiger partial charge in [0.05, 0.1) is 12.1 Å². The first kappa shape index (κ1) is 19.7. The second-order valence-electron chi connectivity index (χ2n) is 6.72. The van der Waals surface area contributed by atoms with Crippen molar-refractivity contribution in [1.29, 1.82) is 0 Å². The average molecular weight is 368 g/mol. The van der Waals surface area contributed by atoms with Crippen LogP contribution >= 0.6 is 12.4 Å². The topological polar surface area (TPSA) is 81.7 Å². The Bertz CT molecular complexity index is 584. The smallest absolute Gasteiger partial charge is 0.251 e. The van der Waals surface area contributed by atoms with Gasteiger partial charge >= 0.3 is 0 Å². The number of nitrogens with zero attached hydrogens (tertiary/aromatic N) is 1. The number of β-amino-alcohol motifs (C(OH)–C–C–N with tert-alkyl or cyclic N) is 1. The molecule has 0 aliphatic carbocycles. The van der Waals surface area contributed by atoms with Crippen LogP contribution < -0.4 is 10.6 Å². The Morgan fingerprint density at radius 1 is 1.28 bits per heavy atom. The molecule has 2 aliphatic heterocycles. The molecule has 2 amide bonds. The van der Waals surface area contributed by atoms with Crippen LogP contribution in [0.3, 0.4) is 0 Å². The molecule has 3 N–H and O–H groups in total. The SMILES string of the molecule is Cl.O=C(NCC1CCCN(C(=O)C2CC(O)CN2)C1)c1ccccc1. The van der Waals surface area contributed by atoms with Crippen LogP contribution in [-0.4, -0.2) is 60.1 Å². The van der Waals surface area contributed by atoms with Crippen LogP contribution in [0.15, 0.2) is 30.3 Å². The highest BCUT2D eigenvalue weighted by Crippen LogP contribution is 2.19. The first-order valence-electron chi connectivity index (χ1n) is 8.67. The summed E-state index contributed by atoms with van der Waals surface area (Å²) in [5.41, 5.74) is 0.658. The van der Waals surface area contributed by atoms with E-state index in [1.165, 1.54) is 0 Å². The lowest BCUT2D eigenvalue weighted by Gasteiger charge is -2.34. The number of halogens is 1. The van der Waals surface area contributed by atoms with Crippen LogP contribution in [0.4, 0.5) is 0 Å². The predicted octanol–water partition coefficient (Wildman–Crippen LogP) is 0.800. The number of nitrogens with one attached hydrogen (secondary N) is 2. The quantitative estimate of drug-likeness (QED) is 0.735. The molecule has 0 spiro atoms. The molecule has 6 nitrogen and oxygen atoms in total. The fraction of sp³-hybridized carbons (Fsp3) is 0.556. The number of piperidine rings is 1. The van der Waals surface area contributed by atoms with Gasteiger partial charge in [-0.25, -0.2) is 0 Å². The van der Waals surface area contributed by atoms with Gasteiger partial charge in [0, 0.05) is 31.7 Å². The number of hydrogen-bond donors (Lipinski definition) is 3. The summed E-state index contributed by atoms with van der Waals surface area (Å²) in [6.07, 6.45) is 2.03. The summed E-state index contributed by atoms with van der Waals surface area (Å²) in [6.45, 7) is 2.50. The number of carbonyl (C=O) groups is 2. The molecule has 3 unspecified atom stereocenters. The van der Waals surface area contributed by atoms with Crippen LogP contribution in [0.2, 0.25) is 0 Å². The Labute approximate surface area is 154 Å². The number of benzene rings is 1. The highest BCUT2D eigenvalue weighted by molar-refractivity contribution is 5.94. The predicted molar refractivity (Wildman–Crippen MR) is 97.7 cm³/mol. The Morgan fingerprint density at radius 3 is 2.72 bits per heavy atom. The van der Waals surface area contributed by atoms with Gasteiger partial charge in [0.2, 0.25) is 5.91 Å². The number of rotatable bonds is 4. The summed E-state index contributed by atoms with van der Waals surface area (Å²) in [4.78, 5) is 26.5. The Balaban J connectivity index is 0.00000225. The highest BCUT2D eigenvalue weighted by Gasteiger charge is 2.33. The van der Waals surface area contributed by atoms with E-state index in [4.69, 9.17) is 0 Å². The minimum absolute atomic E-state index is 0.